The molecular formula is C18H24Cl2N4O3. The Bertz CT molecular complexity index is 738. The molecule has 9 heteroatoms. The molecule has 3 rings (SSSR count). The van der Waals surface area contributed by atoms with E-state index in [1.54, 1.807) is 12.1 Å². The van der Waals surface area contributed by atoms with Gasteiger partial charge in [-0.15, -0.1) is 12.4 Å². The number of hydrogen-bond donors (Lipinski definition) is 1. The maximum absolute atomic E-state index is 10.9. The molecule has 0 saturated carbocycles. The predicted octanol–water partition coefficient (Wildman–Crippen LogP) is 3.18. The van der Waals surface area contributed by atoms with Crippen molar-refractivity contribution >= 4 is 30.0 Å². The van der Waals surface area contributed by atoms with Crippen LogP contribution in [0.3, 0.4) is 0 Å². The fourth-order valence-corrected chi connectivity index (χ4v) is 3.43. The molecule has 0 radical (unpaired) electrons. The Balaban J connectivity index is 0.00000261. The normalized spacial score (nSPS) is 18.1. The number of carboxylic acids is 1. The van der Waals surface area contributed by atoms with Crippen LogP contribution in [-0.2, 0) is 11.3 Å². The van der Waals surface area contributed by atoms with Gasteiger partial charge in [0.05, 0.1) is 13.1 Å². The van der Waals surface area contributed by atoms with Gasteiger partial charge < -0.3 is 9.63 Å². The van der Waals surface area contributed by atoms with Crippen LogP contribution in [0.2, 0.25) is 5.02 Å². The summed E-state index contributed by atoms with van der Waals surface area (Å²) in [6.45, 7) is 2.51. The Hall–Kier alpha value is -1.67. The van der Waals surface area contributed by atoms with Crippen LogP contribution < -0.4 is 0 Å². The Kier molecular flexibility index (Phi) is 8.04. The highest BCUT2D eigenvalue weighted by Gasteiger charge is 2.22. The maximum atomic E-state index is 10.9. The highest BCUT2D eigenvalue weighted by atomic mass is 35.5. The molecule has 1 saturated heterocycles. The summed E-state index contributed by atoms with van der Waals surface area (Å²) in [7, 11) is 1.88. The van der Waals surface area contributed by atoms with E-state index in [0.29, 0.717) is 29.3 Å². The molecule has 1 fully saturated rings. The summed E-state index contributed by atoms with van der Waals surface area (Å²) < 4.78 is 5.40. The van der Waals surface area contributed by atoms with Gasteiger partial charge in [-0.3, -0.25) is 14.6 Å². The minimum Gasteiger partial charge on any atom is -0.480 e. The molecule has 2 aromatic rings. The van der Waals surface area contributed by atoms with Gasteiger partial charge >= 0.3 is 5.97 Å². The number of aromatic nitrogens is 2. The first-order valence-electron chi connectivity index (χ1n) is 8.74. The zero-order valence-electron chi connectivity index (χ0n) is 15.2. The lowest BCUT2D eigenvalue weighted by Crippen LogP contribution is -2.36. The first-order valence-corrected chi connectivity index (χ1v) is 9.12. The smallest absolute Gasteiger partial charge is 0.317 e. The highest BCUT2D eigenvalue weighted by Crippen LogP contribution is 2.20. The van der Waals surface area contributed by atoms with Gasteiger partial charge in [-0.2, -0.15) is 4.98 Å². The molecule has 0 spiro atoms. The number of rotatable bonds is 6. The number of likely N-dealkylation sites (N-methyl/N-ethyl adjacent to an activating group) is 1. The molecular weight excluding hydrogens is 391 g/mol. The second kappa shape index (κ2) is 10.0. The van der Waals surface area contributed by atoms with Gasteiger partial charge in [-0.25, -0.2) is 0 Å². The first kappa shape index (κ1) is 21.6. The molecule has 148 valence electrons. The van der Waals surface area contributed by atoms with Crippen molar-refractivity contribution in [2.45, 2.75) is 31.8 Å². The van der Waals surface area contributed by atoms with Gasteiger partial charge in [0.15, 0.2) is 0 Å². The fraction of sp³-hybridized carbons (Fsp3) is 0.500. The largest absolute Gasteiger partial charge is 0.480 e. The minimum atomic E-state index is -0.783. The van der Waals surface area contributed by atoms with Gasteiger partial charge in [0.1, 0.15) is 0 Å². The number of halogens is 2. The number of benzene rings is 1. The van der Waals surface area contributed by atoms with Crippen LogP contribution in [0.15, 0.2) is 28.8 Å². The van der Waals surface area contributed by atoms with Gasteiger partial charge in [0.2, 0.25) is 11.7 Å². The molecule has 1 N–H and O–H groups in total. The summed E-state index contributed by atoms with van der Waals surface area (Å²) in [5.74, 6) is 0.368. The van der Waals surface area contributed by atoms with Gasteiger partial charge in [0.25, 0.3) is 0 Å². The highest BCUT2D eigenvalue weighted by molar-refractivity contribution is 6.30. The third-order valence-corrected chi connectivity index (χ3v) is 4.98. The molecule has 1 aliphatic heterocycles. The molecule has 1 aromatic carbocycles. The standard InChI is InChI=1S/C18H23ClN4O3.ClH/c1-22(12-17(24)25)15-3-2-9-23(10-8-15)11-16-20-18(21-26-16)13-4-6-14(19)7-5-13;/h4-7,15H,2-3,8-12H2,1H3,(H,24,25);1H. The van der Waals surface area contributed by atoms with E-state index in [9.17, 15) is 4.79 Å². The van der Waals surface area contributed by atoms with Crippen LogP contribution >= 0.6 is 24.0 Å². The van der Waals surface area contributed by atoms with Crippen molar-refractivity contribution in [3.8, 4) is 11.4 Å². The summed E-state index contributed by atoms with van der Waals surface area (Å²) in [5.41, 5.74) is 0.871. The van der Waals surface area contributed by atoms with Crippen molar-refractivity contribution in [3.05, 3.63) is 35.2 Å². The quantitative estimate of drug-likeness (QED) is 0.776. The SMILES string of the molecule is CN(CC(=O)O)C1CCCN(Cc2nc(-c3ccc(Cl)cc3)no2)CC1.Cl. The van der Waals surface area contributed by atoms with Gasteiger partial charge in [-0.1, -0.05) is 16.8 Å². The topological polar surface area (TPSA) is 82.7 Å². The molecule has 27 heavy (non-hydrogen) atoms. The van der Waals surface area contributed by atoms with Crippen molar-refractivity contribution in [1.82, 2.24) is 19.9 Å². The summed E-state index contributed by atoms with van der Waals surface area (Å²) >= 11 is 5.90. The lowest BCUT2D eigenvalue weighted by atomic mass is 10.1. The van der Waals surface area contributed by atoms with Gasteiger partial charge in [0, 0.05) is 23.2 Å². The van der Waals surface area contributed by atoms with E-state index in [-0.39, 0.29) is 19.0 Å². The maximum Gasteiger partial charge on any atom is 0.317 e. The first-order chi connectivity index (χ1) is 12.5. The van der Waals surface area contributed by atoms with Crippen molar-refractivity contribution in [2.24, 2.45) is 0 Å². The second-order valence-corrected chi connectivity index (χ2v) is 7.12. The lowest BCUT2D eigenvalue weighted by molar-refractivity contribution is -0.138. The molecule has 7 nitrogen and oxygen atoms in total. The Morgan fingerprint density at radius 2 is 2.07 bits per heavy atom. The zero-order valence-corrected chi connectivity index (χ0v) is 16.7. The van der Waals surface area contributed by atoms with E-state index in [1.807, 2.05) is 24.1 Å². The van der Waals surface area contributed by atoms with Crippen molar-refractivity contribution in [2.75, 3.05) is 26.7 Å². The summed E-state index contributed by atoms with van der Waals surface area (Å²) in [4.78, 5) is 19.6. The Morgan fingerprint density at radius 3 is 2.78 bits per heavy atom. The van der Waals surface area contributed by atoms with Crippen LogP contribution in [0, 0.1) is 0 Å². The number of nitrogens with zero attached hydrogens (tertiary/aromatic N) is 4. The second-order valence-electron chi connectivity index (χ2n) is 6.69. The molecule has 1 aliphatic rings. The van der Waals surface area contributed by atoms with Crippen LogP contribution in [0.1, 0.15) is 25.2 Å². The van der Waals surface area contributed by atoms with Crippen LogP contribution in [0.25, 0.3) is 11.4 Å². The number of likely N-dealkylation sites (tertiary alicyclic amines) is 1. The molecule has 1 atom stereocenters. The zero-order chi connectivity index (χ0) is 18.5. The van der Waals surface area contributed by atoms with E-state index in [1.165, 1.54) is 0 Å². The molecule has 0 aliphatic carbocycles. The third-order valence-electron chi connectivity index (χ3n) is 4.73. The summed E-state index contributed by atoms with van der Waals surface area (Å²) in [5, 5.41) is 13.7. The number of aliphatic carboxylic acids is 1. The van der Waals surface area contributed by atoms with E-state index in [0.717, 1.165) is 37.9 Å². The average Bonchev–Trinajstić information content (AvgIpc) is 2.93. The number of carboxylic acid groups (broad SMARTS) is 1. The van der Waals surface area contributed by atoms with Crippen molar-refractivity contribution in [3.63, 3.8) is 0 Å². The van der Waals surface area contributed by atoms with E-state index < -0.39 is 5.97 Å². The monoisotopic (exact) mass is 414 g/mol. The number of hydrogen-bond acceptors (Lipinski definition) is 6. The minimum absolute atomic E-state index is 0. The Morgan fingerprint density at radius 1 is 1.33 bits per heavy atom. The molecule has 0 bridgehead atoms. The fourth-order valence-electron chi connectivity index (χ4n) is 3.31. The summed E-state index contributed by atoms with van der Waals surface area (Å²) in [6, 6.07) is 7.63. The van der Waals surface area contributed by atoms with Gasteiger partial charge in [-0.05, 0) is 57.1 Å². The Labute approximate surface area is 169 Å². The van der Waals surface area contributed by atoms with Crippen LogP contribution in [0.5, 0.6) is 0 Å². The predicted molar refractivity (Wildman–Crippen MR) is 105 cm³/mol. The summed E-state index contributed by atoms with van der Waals surface area (Å²) in [6.07, 6.45) is 2.95. The molecule has 1 aromatic heterocycles. The van der Waals surface area contributed by atoms with Crippen molar-refractivity contribution in [1.29, 1.82) is 0 Å². The van der Waals surface area contributed by atoms with E-state index in [2.05, 4.69) is 15.0 Å². The van der Waals surface area contributed by atoms with E-state index in [4.69, 9.17) is 21.2 Å². The lowest BCUT2D eigenvalue weighted by Gasteiger charge is -2.25. The number of carbonyl (C=O) groups is 1. The molecule has 1 unspecified atom stereocenters. The van der Waals surface area contributed by atoms with Crippen LogP contribution in [0.4, 0.5) is 0 Å². The van der Waals surface area contributed by atoms with E-state index >= 15 is 0 Å². The average molecular weight is 415 g/mol. The van der Waals surface area contributed by atoms with Crippen molar-refractivity contribution < 1.29 is 14.4 Å². The third kappa shape index (κ3) is 6.17. The molecule has 0 amide bonds. The van der Waals surface area contributed by atoms with Crippen LogP contribution in [-0.4, -0.2) is 63.7 Å². The molecule has 2 heterocycles.